The second-order valence-electron chi connectivity index (χ2n) is 8.15. The maximum Gasteiger partial charge on any atom is 0.410 e. The molecule has 7 nitrogen and oxygen atoms in total. The van der Waals surface area contributed by atoms with Crippen LogP contribution in [0.2, 0.25) is 0 Å². The number of nitrogens with one attached hydrogen (secondary N) is 1. The van der Waals surface area contributed by atoms with E-state index in [4.69, 9.17) is 9.47 Å². The molecule has 0 aromatic heterocycles. The van der Waals surface area contributed by atoms with Crippen LogP contribution in [0.4, 0.5) is 4.79 Å². The third-order valence-electron chi connectivity index (χ3n) is 4.89. The van der Waals surface area contributed by atoms with Crippen LogP contribution in [0.25, 0.3) is 0 Å². The summed E-state index contributed by atoms with van der Waals surface area (Å²) in [4.78, 5) is 31.0. The molecular formula is C20H28N2O5. The van der Waals surface area contributed by atoms with Crippen LogP contribution in [0.15, 0.2) is 24.3 Å². The smallest absolute Gasteiger partial charge is 0.410 e. The Hall–Kier alpha value is -2.28. The molecule has 2 fully saturated rings. The van der Waals surface area contributed by atoms with Gasteiger partial charge in [0.15, 0.2) is 0 Å². The molecule has 7 heteroatoms. The largest absolute Gasteiger partial charge is 0.490 e. The van der Waals surface area contributed by atoms with E-state index in [9.17, 15) is 9.59 Å². The van der Waals surface area contributed by atoms with Crippen molar-refractivity contribution in [3.05, 3.63) is 29.8 Å². The van der Waals surface area contributed by atoms with Gasteiger partial charge in [0.2, 0.25) is 0 Å². The molecule has 2 heterocycles. The van der Waals surface area contributed by atoms with Crippen molar-refractivity contribution in [3.8, 4) is 5.75 Å². The van der Waals surface area contributed by atoms with E-state index in [2.05, 4.69) is 10.3 Å². The minimum Gasteiger partial charge on any atom is -0.490 e. The highest BCUT2D eigenvalue weighted by Gasteiger charge is 2.45. The van der Waals surface area contributed by atoms with Crippen LogP contribution in [-0.2, 0) is 9.57 Å². The number of carbonyl (C=O) groups excluding carboxylic acids is 2. The van der Waals surface area contributed by atoms with E-state index in [0.29, 0.717) is 11.3 Å². The fourth-order valence-corrected chi connectivity index (χ4v) is 3.89. The zero-order valence-corrected chi connectivity index (χ0v) is 16.4. The van der Waals surface area contributed by atoms with Crippen molar-refractivity contribution in [1.82, 2.24) is 10.4 Å². The molecule has 0 radical (unpaired) electrons. The Bertz CT molecular complexity index is 686. The molecule has 3 atom stereocenters. The molecule has 0 saturated carbocycles. The highest BCUT2D eigenvalue weighted by molar-refractivity contribution is 5.93. The summed E-state index contributed by atoms with van der Waals surface area (Å²) in [5.41, 5.74) is 2.28. The zero-order valence-electron chi connectivity index (χ0n) is 16.4. The first-order valence-corrected chi connectivity index (χ1v) is 9.38. The Kier molecular flexibility index (Phi) is 5.60. The number of amides is 2. The zero-order chi connectivity index (χ0) is 19.6. The molecule has 2 aliphatic heterocycles. The monoisotopic (exact) mass is 376 g/mol. The molecule has 1 N–H and O–H groups in total. The van der Waals surface area contributed by atoms with Crippen LogP contribution in [0.1, 0.15) is 56.8 Å². The van der Waals surface area contributed by atoms with Crippen molar-refractivity contribution in [1.29, 1.82) is 0 Å². The van der Waals surface area contributed by atoms with Crippen LogP contribution >= 0.6 is 0 Å². The number of hydrogen-bond acceptors (Lipinski definition) is 5. The van der Waals surface area contributed by atoms with Crippen molar-refractivity contribution in [2.24, 2.45) is 0 Å². The Morgan fingerprint density at radius 2 is 1.81 bits per heavy atom. The highest BCUT2D eigenvalue weighted by atomic mass is 16.6. The third kappa shape index (κ3) is 4.71. The van der Waals surface area contributed by atoms with E-state index >= 15 is 0 Å². The van der Waals surface area contributed by atoms with E-state index in [1.54, 1.807) is 18.2 Å². The van der Waals surface area contributed by atoms with E-state index in [1.807, 2.05) is 31.7 Å². The highest BCUT2D eigenvalue weighted by Crippen LogP contribution is 2.38. The van der Waals surface area contributed by atoms with E-state index in [-0.39, 0.29) is 30.2 Å². The first-order valence-electron chi connectivity index (χ1n) is 9.38. The fourth-order valence-electron chi connectivity index (χ4n) is 3.89. The third-order valence-corrected chi connectivity index (χ3v) is 4.89. The lowest BCUT2D eigenvalue weighted by Crippen LogP contribution is -2.50. The number of benzene rings is 1. The van der Waals surface area contributed by atoms with Crippen LogP contribution < -0.4 is 10.2 Å². The Morgan fingerprint density at radius 3 is 2.41 bits per heavy atom. The summed E-state index contributed by atoms with van der Waals surface area (Å²) in [7, 11) is 1.40. The lowest BCUT2D eigenvalue weighted by atomic mass is 10.00. The molecule has 1 unspecified atom stereocenters. The van der Waals surface area contributed by atoms with Gasteiger partial charge in [-0.2, -0.15) is 0 Å². The van der Waals surface area contributed by atoms with Crippen molar-refractivity contribution < 1.29 is 23.9 Å². The van der Waals surface area contributed by atoms with Crippen molar-refractivity contribution in [2.75, 3.05) is 7.11 Å². The molecule has 2 amide bonds. The van der Waals surface area contributed by atoms with E-state index in [1.165, 1.54) is 7.11 Å². The van der Waals surface area contributed by atoms with Gasteiger partial charge in [0.25, 0.3) is 5.91 Å². The molecule has 1 aromatic rings. The first-order chi connectivity index (χ1) is 12.8. The summed E-state index contributed by atoms with van der Waals surface area (Å²) < 4.78 is 11.7. The topological polar surface area (TPSA) is 77.1 Å². The predicted molar refractivity (Wildman–Crippen MR) is 99.5 cm³/mol. The van der Waals surface area contributed by atoms with Crippen LogP contribution in [0, 0.1) is 0 Å². The van der Waals surface area contributed by atoms with Gasteiger partial charge in [0, 0.05) is 30.5 Å². The molecule has 2 bridgehead atoms. The van der Waals surface area contributed by atoms with Crippen molar-refractivity contribution in [2.45, 2.75) is 70.2 Å². The van der Waals surface area contributed by atoms with Gasteiger partial charge >= 0.3 is 6.09 Å². The normalized spacial score (nSPS) is 24.4. The number of nitrogens with zero attached hydrogens (tertiary/aromatic N) is 1. The lowest BCUT2D eigenvalue weighted by Gasteiger charge is -2.39. The summed E-state index contributed by atoms with van der Waals surface area (Å²) in [6.45, 7) is 5.65. The molecule has 27 heavy (non-hydrogen) atoms. The molecule has 0 spiro atoms. The lowest BCUT2D eigenvalue weighted by molar-refractivity contribution is -0.00711. The minimum atomic E-state index is -0.493. The standard InChI is InChI=1S/C20H28N2O5/c1-20(2,3)27-19(24)22-14-8-9-15(22)12-17(11-14)26-16-7-5-6-13(10-16)18(23)21-25-4/h5-7,10,14-15,17H,8-9,11-12H2,1-4H3,(H,21,23)/t14-,15+,17?. The summed E-state index contributed by atoms with van der Waals surface area (Å²) in [5.74, 6) is 0.330. The molecule has 3 rings (SSSR count). The number of rotatable bonds is 4. The number of hydrogen-bond donors (Lipinski definition) is 1. The van der Waals surface area contributed by atoms with Gasteiger partial charge < -0.3 is 14.4 Å². The summed E-state index contributed by atoms with van der Waals surface area (Å²) >= 11 is 0. The second kappa shape index (κ2) is 7.76. The van der Waals surface area contributed by atoms with Crippen molar-refractivity contribution >= 4 is 12.0 Å². The Morgan fingerprint density at radius 1 is 1.15 bits per heavy atom. The Labute approximate surface area is 159 Å². The predicted octanol–water partition coefficient (Wildman–Crippen LogP) is 3.29. The summed E-state index contributed by atoms with van der Waals surface area (Å²) in [6, 6.07) is 7.31. The molecular weight excluding hydrogens is 348 g/mol. The average Bonchev–Trinajstić information content (AvgIpc) is 2.85. The molecule has 1 aromatic carbocycles. The van der Waals surface area contributed by atoms with Crippen LogP contribution in [0.5, 0.6) is 5.75 Å². The maximum atomic E-state index is 12.5. The first kappa shape index (κ1) is 19.5. The minimum absolute atomic E-state index is 0.0157. The van der Waals surface area contributed by atoms with Crippen LogP contribution in [-0.4, -0.2) is 47.8 Å². The van der Waals surface area contributed by atoms with Gasteiger partial charge in [0.1, 0.15) is 17.5 Å². The van der Waals surface area contributed by atoms with Gasteiger partial charge in [-0.3, -0.25) is 9.63 Å². The van der Waals surface area contributed by atoms with Gasteiger partial charge in [0.05, 0.1) is 7.11 Å². The SMILES string of the molecule is CONC(=O)c1cccc(OC2C[C@H]3CC[C@@H](C2)N3C(=O)OC(C)(C)C)c1. The Balaban J connectivity index is 1.63. The number of piperidine rings is 1. The van der Waals surface area contributed by atoms with Crippen molar-refractivity contribution in [3.63, 3.8) is 0 Å². The fraction of sp³-hybridized carbons (Fsp3) is 0.600. The van der Waals surface area contributed by atoms with Crippen LogP contribution in [0.3, 0.4) is 0 Å². The summed E-state index contributed by atoms with van der Waals surface area (Å²) in [6.07, 6.45) is 3.27. The quantitative estimate of drug-likeness (QED) is 0.816. The number of ether oxygens (including phenoxy) is 2. The number of hydroxylamine groups is 1. The number of carbonyl (C=O) groups is 2. The van der Waals surface area contributed by atoms with Gasteiger partial charge in [-0.15, -0.1) is 0 Å². The van der Waals surface area contributed by atoms with Gasteiger partial charge in [-0.25, -0.2) is 10.3 Å². The second-order valence-corrected chi connectivity index (χ2v) is 8.15. The molecule has 2 aliphatic rings. The van der Waals surface area contributed by atoms with E-state index in [0.717, 1.165) is 25.7 Å². The maximum absolute atomic E-state index is 12.5. The van der Waals surface area contributed by atoms with E-state index < -0.39 is 5.60 Å². The summed E-state index contributed by atoms with van der Waals surface area (Å²) in [5, 5.41) is 0. The molecule has 0 aliphatic carbocycles. The molecule has 148 valence electrons. The van der Waals surface area contributed by atoms with Gasteiger partial charge in [-0.05, 0) is 51.8 Å². The molecule has 2 saturated heterocycles. The van der Waals surface area contributed by atoms with Gasteiger partial charge in [-0.1, -0.05) is 6.07 Å². The number of fused-ring (bicyclic) bond motifs is 2. The average molecular weight is 376 g/mol.